The van der Waals surface area contributed by atoms with Crippen LogP contribution >= 0.6 is 0 Å². The average Bonchev–Trinajstić information content (AvgIpc) is 2.60. The van der Waals surface area contributed by atoms with Crippen LogP contribution in [0, 0.1) is 13.8 Å². The summed E-state index contributed by atoms with van der Waals surface area (Å²) in [7, 11) is -1.22. The number of anilines is 1. The Morgan fingerprint density at radius 1 is 1.04 bits per heavy atom. The average molecular weight is 363 g/mol. The predicted octanol–water partition coefficient (Wildman–Crippen LogP) is 2.68. The maximum atomic E-state index is 13.1. The van der Waals surface area contributed by atoms with Crippen LogP contribution in [-0.2, 0) is 19.6 Å². The van der Waals surface area contributed by atoms with E-state index in [2.05, 4.69) is 4.74 Å². The zero-order valence-corrected chi connectivity index (χ0v) is 15.5. The summed E-state index contributed by atoms with van der Waals surface area (Å²) in [5.41, 5.74) is 2.19. The van der Waals surface area contributed by atoms with E-state index in [9.17, 15) is 13.2 Å². The Morgan fingerprint density at radius 2 is 1.68 bits per heavy atom. The fraction of sp³-hybridized carbons (Fsp3) is 0.278. The molecule has 0 aromatic heterocycles. The van der Waals surface area contributed by atoms with Gasteiger partial charge in [-0.1, -0.05) is 17.7 Å². The van der Waals surface area contributed by atoms with Gasteiger partial charge in [-0.05, 0) is 49.7 Å². The van der Waals surface area contributed by atoms with Gasteiger partial charge in [0.25, 0.3) is 10.0 Å². The lowest BCUT2D eigenvalue weighted by Gasteiger charge is -2.25. The minimum Gasteiger partial charge on any atom is -0.497 e. The fourth-order valence-corrected chi connectivity index (χ4v) is 3.92. The third-order valence-electron chi connectivity index (χ3n) is 3.77. The molecule has 2 rings (SSSR count). The molecule has 6 nitrogen and oxygen atoms in total. The minimum absolute atomic E-state index is 0.0668. The third kappa shape index (κ3) is 4.11. The summed E-state index contributed by atoms with van der Waals surface area (Å²) in [5.74, 6) is -0.0953. The van der Waals surface area contributed by atoms with Crippen molar-refractivity contribution in [3.63, 3.8) is 0 Å². The largest absolute Gasteiger partial charge is 0.497 e. The summed E-state index contributed by atoms with van der Waals surface area (Å²) < 4.78 is 37.0. The number of hydrogen-bond donors (Lipinski definition) is 0. The lowest BCUT2D eigenvalue weighted by molar-refractivity contribution is -0.138. The number of hydrogen-bond acceptors (Lipinski definition) is 5. The van der Waals surface area contributed by atoms with E-state index >= 15 is 0 Å². The minimum atomic E-state index is -3.94. The Kier molecular flexibility index (Phi) is 5.69. The number of methoxy groups -OCH3 is 2. The predicted molar refractivity (Wildman–Crippen MR) is 95.5 cm³/mol. The van der Waals surface area contributed by atoms with Crippen molar-refractivity contribution in [2.45, 2.75) is 18.7 Å². The Labute approximate surface area is 148 Å². The highest BCUT2D eigenvalue weighted by Gasteiger charge is 2.28. The molecule has 0 heterocycles. The van der Waals surface area contributed by atoms with E-state index in [1.807, 2.05) is 13.0 Å². The molecule has 2 aromatic carbocycles. The SMILES string of the molecule is COC(=O)CN(c1ccc(C)cc1C)S(=O)(=O)c1ccc(OC)cc1. The molecule has 0 atom stereocenters. The van der Waals surface area contributed by atoms with Crippen molar-refractivity contribution in [3.8, 4) is 5.75 Å². The second-order valence-corrected chi connectivity index (χ2v) is 7.42. The van der Waals surface area contributed by atoms with Crippen LogP contribution in [0.25, 0.3) is 0 Å². The van der Waals surface area contributed by atoms with Crippen LogP contribution in [0.15, 0.2) is 47.4 Å². The van der Waals surface area contributed by atoms with Gasteiger partial charge >= 0.3 is 5.97 Å². The molecular formula is C18H21NO5S. The monoisotopic (exact) mass is 363 g/mol. The summed E-state index contributed by atoms with van der Waals surface area (Å²) >= 11 is 0. The second-order valence-electron chi connectivity index (χ2n) is 5.55. The first-order valence-electron chi connectivity index (χ1n) is 7.60. The number of carbonyl (C=O) groups excluding carboxylic acids is 1. The van der Waals surface area contributed by atoms with Crippen LogP contribution in [0.3, 0.4) is 0 Å². The van der Waals surface area contributed by atoms with Crippen LogP contribution in [-0.4, -0.2) is 35.2 Å². The molecule has 0 saturated carbocycles. The molecule has 0 fully saturated rings. The molecule has 0 aliphatic carbocycles. The molecule has 0 N–H and O–H groups in total. The van der Waals surface area contributed by atoms with Crippen LogP contribution in [0.4, 0.5) is 5.69 Å². The molecule has 0 aliphatic heterocycles. The van der Waals surface area contributed by atoms with Gasteiger partial charge in [0.05, 0.1) is 24.8 Å². The molecule has 7 heteroatoms. The van der Waals surface area contributed by atoms with Crippen molar-refractivity contribution in [2.75, 3.05) is 25.1 Å². The van der Waals surface area contributed by atoms with Crippen molar-refractivity contribution in [1.82, 2.24) is 0 Å². The third-order valence-corrected chi connectivity index (χ3v) is 5.54. The maximum absolute atomic E-state index is 13.1. The van der Waals surface area contributed by atoms with Crippen molar-refractivity contribution in [3.05, 3.63) is 53.6 Å². The summed E-state index contributed by atoms with van der Waals surface area (Å²) in [5, 5.41) is 0. The molecule has 2 aromatic rings. The van der Waals surface area contributed by atoms with E-state index < -0.39 is 22.5 Å². The van der Waals surface area contributed by atoms with Crippen LogP contribution in [0.5, 0.6) is 5.75 Å². The molecule has 0 bridgehead atoms. The highest BCUT2D eigenvalue weighted by Crippen LogP contribution is 2.28. The van der Waals surface area contributed by atoms with Crippen molar-refractivity contribution < 1.29 is 22.7 Å². The Bertz CT molecular complexity index is 860. The number of aryl methyl sites for hydroxylation is 2. The number of sulfonamides is 1. The van der Waals surface area contributed by atoms with Crippen molar-refractivity contribution in [2.24, 2.45) is 0 Å². The zero-order chi connectivity index (χ0) is 18.6. The van der Waals surface area contributed by atoms with E-state index in [0.29, 0.717) is 11.4 Å². The first kappa shape index (κ1) is 18.8. The maximum Gasteiger partial charge on any atom is 0.326 e. The Balaban J connectivity index is 2.54. The lowest BCUT2D eigenvalue weighted by atomic mass is 10.1. The zero-order valence-electron chi connectivity index (χ0n) is 14.6. The molecule has 134 valence electrons. The number of ether oxygens (including phenoxy) is 2. The van der Waals surface area contributed by atoms with E-state index in [-0.39, 0.29) is 4.90 Å². The number of rotatable bonds is 6. The molecule has 0 radical (unpaired) electrons. The number of nitrogens with zero attached hydrogens (tertiary/aromatic N) is 1. The normalized spacial score (nSPS) is 11.0. The van der Waals surface area contributed by atoms with Crippen LogP contribution in [0.2, 0.25) is 0 Å². The second kappa shape index (κ2) is 7.57. The van der Waals surface area contributed by atoms with E-state index in [0.717, 1.165) is 15.4 Å². The van der Waals surface area contributed by atoms with Gasteiger partial charge in [0.2, 0.25) is 0 Å². The summed E-state index contributed by atoms with van der Waals surface area (Å²) in [6, 6.07) is 11.4. The number of esters is 1. The molecule has 0 saturated heterocycles. The number of carbonyl (C=O) groups is 1. The Hall–Kier alpha value is -2.54. The van der Waals surface area contributed by atoms with Crippen molar-refractivity contribution >= 4 is 21.7 Å². The van der Waals surface area contributed by atoms with Gasteiger partial charge < -0.3 is 9.47 Å². The van der Waals surface area contributed by atoms with Gasteiger partial charge in [0.1, 0.15) is 12.3 Å². The standard InChI is InChI=1S/C18H21NO5S/c1-13-5-10-17(14(2)11-13)19(12-18(20)24-4)25(21,22)16-8-6-15(23-3)7-9-16/h5-11H,12H2,1-4H3. The van der Waals surface area contributed by atoms with Gasteiger partial charge in [-0.25, -0.2) is 8.42 Å². The number of benzene rings is 2. The molecular weight excluding hydrogens is 342 g/mol. The molecule has 0 aliphatic rings. The quantitative estimate of drug-likeness (QED) is 0.738. The van der Waals surface area contributed by atoms with E-state index in [1.54, 1.807) is 31.2 Å². The van der Waals surface area contributed by atoms with Crippen LogP contribution < -0.4 is 9.04 Å². The van der Waals surface area contributed by atoms with Gasteiger partial charge in [0.15, 0.2) is 0 Å². The summed E-state index contributed by atoms with van der Waals surface area (Å²) in [6.45, 7) is 3.31. The van der Waals surface area contributed by atoms with Gasteiger partial charge in [-0.15, -0.1) is 0 Å². The topological polar surface area (TPSA) is 72.9 Å². The molecule has 0 spiro atoms. The van der Waals surface area contributed by atoms with Gasteiger partial charge in [-0.2, -0.15) is 0 Å². The van der Waals surface area contributed by atoms with Gasteiger partial charge in [0, 0.05) is 0 Å². The first-order chi connectivity index (χ1) is 11.8. The molecule has 0 amide bonds. The molecule has 25 heavy (non-hydrogen) atoms. The van der Waals surface area contributed by atoms with Crippen molar-refractivity contribution in [1.29, 1.82) is 0 Å². The fourth-order valence-electron chi connectivity index (χ4n) is 2.44. The van der Waals surface area contributed by atoms with E-state index in [1.165, 1.54) is 26.4 Å². The first-order valence-corrected chi connectivity index (χ1v) is 9.04. The summed E-state index contributed by atoms with van der Waals surface area (Å²) in [4.78, 5) is 11.9. The summed E-state index contributed by atoms with van der Waals surface area (Å²) in [6.07, 6.45) is 0. The highest BCUT2D eigenvalue weighted by molar-refractivity contribution is 7.92. The highest BCUT2D eigenvalue weighted by atomic mass is 32.2. The molecule has 0 unspecified atom stereocenters. The lowest BCUT2D eigenvalue weighted by Crippen LogP contribution is -2.36. The smallest absolute Gasteiger partial charge is 0.326 e. The van der Waals surface area contributed by atoms with Gasteiger partial charge in [-0.3, -0.25) is 9.10 Å². The Morgan fingerprint density at radius 3 is 2.20 bits per heavy atom. The van der Waals surface area contributed by atoms with E-state index in [4.69, 9.17) is 4.74 Å². The van der Waals surface area contributed by atoms with Crippen LogP contribution in [0.1, 0.15) is 11.1 Å².